The van der Waals surface area contributed by atoms with Crippen molar-refractivity contribution in [2.75, 3.05) is 12.5 Å². The fourth-order valence-electron chi connectivity index (χ4n) is 2.10. The topological polar surface area (TPSA) is 9.23 Å². The van der Waals surface area contributed by atoms with Crippen LogP contribution in [0, 0.1) is 11.7 Å². The van der Waals surface area contributed by atoms with Gasteiger partial charge in [-0.2, -0.15) is 0 Å². The SMILES string of the molecule is Fc1cccc(Cl)c1C1OCCCC1CCl. The van der Waals surface area contributed by atoms with Gasteiger partial charge in [0.25, 0.3) is 0 Å². The molecule has 1 heterocycles. The van der Waals surface area contributed by atoms with Crippen molar-refractivity contribution in [3.05, 3.63) is 34.6 Å². The Morgan fingerprint density at radius 1 is 1.44 bits per heavy atom. The average Bonchev–Trinajstić information content (AvgIpc) is 2.29. The normalized spacial score (nSPS) is 25.7. The molecule has 0 bridgehead atoms. The highest BCUT2D eigenvalue weighted by molar-refractivity contribution is 6.31. The highest BCUT2D eigenvalue weighted by atomic mass is 35.5. The molecule has 1 fully saturated rings. The van der Waals surface area contributed by atoms with Crippen molar-refractivity contribution < 1.29 is 9.13 Å². The van der Waals surface area contributed by atoms with Gasteiger partial charge in [0.1, 0.15) is 5.82 Å². The number of alkyl halides is 1. The predicted molar refractivity (Wildman–Crippen MR) is 63.5 cm³/mol. The van der Waals surface area contributed by atoms with Crippen LogP contribution >= 0.6 is 23.2 Å². The Morgan fingerprint density at radius 2 is 2.25 bits per heavy atom. The van der Waals surface area contributed by atoms with E-state index in [0.717, 1.165) is 12.8 Å². The van der Waals surface area contributed by atoms with Crippen molar-refractivity contribution in [2.45, 2.75) is 18.9 Å². The van der Waals surface area contributed by atoms with Crippen LogP contribution in [-0.4, -0.2) is 12.5 Å². The molecule has 16 heavy (non-hydrogen) atoms. The minimum Gasteiger partial charge on any atom is -0.373 e. The van der Waals surface area contributed by atoms with E-state index in [1.54, 1.807) is 12.1 Å². The lowest BCUT2D eigenvalue weighted by Crippen LogP contribution is -2.24. The minimum absolute atomic E-state index is 0.143. The van der Waals surface area contributed by atoms with Gasteiger partial charge in [0.2, 0.25) is 0 Å². The smallest absolute Gasteiger partial charge is 0.130 e. The standard InChI is InChI=1S/C12H13Cl2FO/c13-7-8-3-2-6-16-12(8)11-9(14)4-1-5-10(11)15/h1,4-5,8,12H,2-3,6-7H2. The number of benzene rings is 1. The van der Waals surface area contributed by atoms with Crippen LogP contribution in [0.25, 0.3) is 0 Å². The Kier molecular flexibility index (Phi) is 4.06. The van der Waals surface area contributed by atoms with E-state index >= 15 is 0 Å². The zero-order chi connectivity index (χ0) is 11.5. The van der Waals surface area contributed by atoms with Crippen LogP contribution in [0.2, 0.25) is 5.02 Å². The molecule has 2 atom stereocenters. The van der Waals surface area contributed by atoms with E-state index in [4.69, 9.17) is 27.9 Å². The minimum atomic E-state index is -0.311. The molecule has 1 nitrogen and oxygen atoms in total. The second kappa shape index (κ2) is 5.35. The molecule has 1 aromatic rings. The predicted octanol–water partition coefficient (Wildman–Crippen LogP) is 4.19. The summed E-state index contributed by atoms with van der Waals surface area (Å²) in [5.74, 6) is 0.300. The number of hydrogen-bond donors (Lipinski definition) is 0. The summed E-state index contributed by atoms with van der Waals surface area (Å²) < 4.78 is 19.4. The summed E-state index contributed by atoms with van der Waals surface area (Å²) in [6, 6.07) is 4.69. The van der Waals surface area contributed by atoms with E-state index in [0.29, 0.717) is 23.1 Å². The van der Waals surface area contributed by atoms with Gasteiger partial charge < -0.3 is 4.74 Å². The van der Waals surface area contributed by atoms with Crippen molar-refractivity contribution in [1.29, 1.82) is 0 Å². The number of hydrogen-bond acceptors (Lipinski definition) is 1. The van der Waals surface area contributed by atoms with Crippen LogP contribution in [0.1, 0.15) is 24.5 Å². The first-order valence-corrected chi connectivity index (χ1v) is 6.26. The summed E-state index contributed by atoms with van der Waals surface area (Å²) in [6.07, 6.45) is 1.62. The largest absolute Gasteiger partial charge is 0.373 e. The summed E-state index contributed by atoms with van der Waals surface area (Å²) in [6.45, 7) is 0.642. The molecule has 0 aliphatic carbocycles. The Bertz CT molecular complexity index is 350. The summed E-state index contributed by atoms with van der Waals surface area (Å²) in [4.78, 5) is 0. The average molecular weight is 263 g/mol. The highest BCUT2D eigenvalue weighted by Gasteiger charge is 2.30. The molecule has 1 aliphatic rings. The maximum absolute atomic E-state index is 13.7. The first-order valence-electron chi connectivity index (χ1n) is 5.35. The van der Waals surface area contributed by atoms with Crippen molar-refractivity contribution in [3.63, 3.8) is 0 Å². The van der Waals surface area contributed by atoms with E-state index in [1.165, 1.54) is 6.07 Å². The van der Waals surface area contributed by atoms with Crippen molar-refractivity contribution in [1.82, 2.24) is 0 Å². The first-order chi connectivity index (χ1) is 7.74. The van der Waals surface area contributed by atoms with E-state index in [-0.39, 0.29) is 17.8 Å². The van der Waals surface area contributed by atoms with Gasteiger partial charge in [-0.3, -0.25) is 0 Å². The zero-order valence-corrected chi connectivity index (χ0v) is 10.3. The molecule has 0 saturated carbocycles. The maximum atomic E-state index is 13.7. The van der Waals surface area contributed by atoms with Gasteiger partial charge in [0, 0.05) is 29.0 Å². The molecule has 2 unspecified atom stereocenters. The molecular formula is C12H13Cl2FO. The quantitative estimate of drug-likeness (QED) is 0.727. The number of rotatable bonds is 2. The molecule has 1 saturated heterocycles. The summed E-state index contributed by atoms with van der Waals surface area (Å²) >= 11 is 11.9. The van der Waals surface area contributed by atoms with E-state index in [1.807, 2.05) is 0 Å². The van der Waals surface area contributed by atoms with Gasteiger partial charge in [-0.05, 0) is 25.0 Å². The summed E-state index contributed by atoms with van der Waals surface area (Å²) in [5, 5.41) is 0.419. The molecule has 4 heteroatoms. The fraction of sp³-hybridized carbons (Fsp3) is 0.500. The van der Waals surface area contributed by atoms with Crippen LogP contribution in [-0.2, 0) is 4.74 Å². The van der Waals surface area contributed by atoms with E-state index < -0.39 is 0 Å². The van der Waals surface area contributed by atoms with Crippen molar-refractivity contribution in [2.24, 2.45) is 5.92 Å². The lowest BCUT2D eigenvalue weighted by molar-refractivity contribution is -0.0226. The van der Waals surface area contributed by atoms with E-state index in [9.17, 15) is 4.39 Å². The molecule has 0 spiro atoms. The Morgan fingerprint density at radius 3 is 2.94 bits per heavy atom. The number of halogens is 3. The third-order valence-corrected chi connectivity index (χ3v) is 3.65. The lowest BCUT2D eigenvalue weighted by Gasteiger charge is -2.31. The van der Waals surface area contributed by atoms with Crippen molar-refractivity contribution in [3.8, 4) is 0 Å². The zero-order valence-electron chi connectivity index (χ0n) is 8.76. The van der Waals surface area contributed by atoms with Gasteiger partial charge in [0.05, 0.1) is 6.10 Å². The fourth-order valence-corrected chi connectivity index (χ4v) is 2.69. The second-order valence-corrected chi connectivity index (χ2v) is 4.70. The molecule has 0 aromatic heterocycles. The summed E-state index contributed by atoms with van der Waals surface area (Å²) in [7, 11) is 0. The Balaban J connectivity index is 2.34. The van der Waals surface area contributed by atoms with Gasteiger partial charge in [-0.1, -0.05) is 17.7 Å². The van der Waals surface area contributed by atoms with Crippen LogP contribution in [0.15, 0.2) is 18.2 Å². The summed E-state index contributed by atoms with van der Waals surface area (Å²) in [5.41, 5.74) is 0.453. The van der Waals surface area contributed by atoms with Gasteiger partial charge >= 0.3 is 0 Å². The molecule has 88 valence electrons. The third kappa shape index (κ3) is 2.34. The third-order valence-electron chi connectivity index (χ3n) is 2.93. The molecule has 2 rings (SSSR count). The van der Waals surface area contributed by atoms with Crippen LogP contribution in [0.3, 0.4) is 0 Å². The highest BCUT2D eigenvalue weighted by Crippen LogP contribution is 2.38. The van der Waals surface area contributed by atoms with Gasteiger partial charge in [0.15, 0.2) is 0 Å². The molecule has 0 radical (unpaired) electrons. The van der Waals surface area contributed by atoms with Crippen LogP contribution in [0.5, 0.6) is 0 Å². The van der Waals surface area contributed by atoms with Crippen molar-refractivity contribution >= 4 is 23.2 Å². The Labute approximate surface area is 105 Å². The first kappa shape index (κ1) is 12.2. The number of ether oxygens (including phenoxy) is 1. The van der Waals surface area contributed by atoms with Gasteiger partial charge in [-0.15, -0.1) is 11.6 Å². The van der Waals surface area contributed by atoms with E-state index in [2.05, 4.69) is 0 Å². The molecule has 0 amide bonds. The molecule has 1 aromatic carbocycles. The Hall–Kier alpha value is -0.310. The second-order valence-electron chi connectivity index (χ2n) is 3.98. The molecular weight excluding hydrogens is 250 g/mol. The molecule has 1 aliphatic heterocycles. The molecule has 0 N–H and O–H groups in total. The monoisotopic (exact) mass is 262 g/mol. The van der Waals surface area contributed by atoms with Crippen LogP contribution in [0.4, 0.5) is 4.39 Å². The lowest BCUT2D eigenvalue weighted by atomic mass is 9.90. The van der Waals surface area contributed by atoms with Crippen LogP contribution < -0.4 is 0 Å². The maximum Gasteiger partial charge on any atom is 0.130 e. The van der Waals surface area contributed by atoms with Gasteiger partial charge in [-0.25, -0.2) is 4.39 Å².